The molecule has 6 nitrogen and oxygen atoms in total. The summed E-state index contributed by atoms with van der Waals surface area (Å²) in [6, 6.07) is 0. The molecule has 0 bridgehead atoms. The number of rotatable bonds is 61. The van der Waals surface area contributed by atoms with Gasteiger partial charge >= 0.3 is 17.9 Å². The quantitative estimate of drug-likeness (QED) is 0.0261. The second-order valence-corrected chi connectivity index (χ2v) is 22.4. The molecule has 0 spiro atoms. The number of carbonyl (C=O) groups is 3. The second-order valence-electron chi connectivity index (χ2n) is 22.4. The van der Waals surface area contributed by atoms with E-state index in [1.165, 1.54) is 238 Å². The summed E-state index contributed by atoms with van der Waals surface area (Å²) in [5.74, 6) is -0.880. The highest BCUT2D eigenvalue weighted by molar-refractivity contribution is 5.71. The highest BCUT2D eigenvalue weighted by atomic mass is 16.6. The molecule has 0 aliphatic carbocycles. The first-order chi connectivity index (χ1) is 36.5. The zero-order valence-corrected chi connectivity index (χ0v) is 49.9. The van der Waals surface area contributed by atoms with Gasteiger partial charge in [-0.2, -0.15) is 0 Å². The normalized spacial score (nSPS) is 12.2. The number of carbonyl (C=O) groups excluding carboxylic acids is 3. The Morgan fingerprint density at radius 3 is 0.824 bits per heavy atom. The van der Waals surface area contributed by atoms with Gasteiger partial charge in [0.25, 0.3) is 0 Å². The van der Waals surface area contributed by atoms with E-state index in [1.54, 1.807) is 0 Å². The molecule has 74 heavy (non-hydrogen) atoms. The minimum atomic E-state index is -0.781. The van der Waals surface area contributed by atoms with Gasteiger partial charge in [0.15, 0.2) is 6.10 Å². The van der Waals surface area contributed by atoms with Crippen molar-refractivity contribution in [3.05, 3.63) is 36.5 Å². The Morgan fingerprint density at radius 1 is 0.284 bits per heavy atom. The monoisotopic (exact) mass is 1040 g/mol. The van der Waals surface area contributed by atoms with Gasteiger partial charge in [0.05, 0.1) is 0 Å². The summed E-state index contributed by atoms with van der Waals surface area (Å²) in [5.41, 5.74) is 0. The van der Waals surface area contributed by atoms with E-state index < -0.39 is 6.10 Å². The van der Waals surface area contributed by atoms with Crippen LogP contribution in [0.5, 0.6) is 0 Å². The van der Waals surface area contributed by atoms with Gasteiger partial charge in [0.1, 0.15) is 13.2 Å². The van der Waals surface area contributed by atoms with Crippen LogP contribution < -0.4 is 0 Å². The smallest absolute Gasteiger partial charge is 0.306 e. The predicted molar refractivity (Wildman–Crippen MR) is 321 cm³/mol. The van der Waals surface area contributed by atoms with Crippen LogP contribution in [0.3, 0.4) is 0 Å². The molecular weight excluding hydrogens is 913 g/mol. The molecule has 0 aromatic carbocycles. The van der Waals surface area contributed by atoms with Gasteiger partial charge in [-0.25, -0.2) is 0 Å². The summed E-state index contributed by atoms with van der Waals surface area (Å²) >= 11 is 0. The van der Waals surface area contributed by atoms with Crippen molar-refractivity contribution in [3.8, 4) is 0 Å². The van der Waals surface area contributed by atoms with Crippen LogP contribution in [0.1, 0.15) is 361 Å². The van der Waals surface area contributed by atoms with Crippen molar-refractivity contribution in [1.82, 2.24) is 0 Å². The van der Waals surface area contributed by atoms with E-state index in [0.29, 0.717) is 19.3 Å². The SMILES string of the molecule is CC/C=C\C/C=C\C/C=C\CCCCCC(=O)OCC(COC(=O)CCCCCCCCCCCCCCCCCCCCCCCCC)OC(=O)CCCCCCCCCCCCCCCCCCCCCC. The first-order valence-corrected chi connectivity index (χ1v) is 33.0. The fourth-order valence-corrected chi connectivity index (χ4v) is 9.99. The van der Waals surface area contributed by atoms with Crippen LogP contribution in [0.15, 0.2) is 36.5 Å². The highest BCUT2D eigenvalue weighted by Crippen LogP contribution is 2.18. The van der Waals surface area contributed by atoms with Crippen LogP contribution in [-0.4, -0.2) is 37.2 Å². The van der Waals surface area contributed by atoms with Crippen LogP contribution in [0.4, 0.5) is 0 Å². The third-order valence-electron chi connectivity index (χ3n) is 14.9. The Morgan fingerprint density at radius 2 is 0.527 bits per heavy atom. The predicted octanol–water partition coefficient (Wildman–Crippen LogP) is 22.4. The summed E-state index contributed by atoms with van der Waals surface area (Å²) in [4.78, 5) is 38.3. The lowest BCUT2D eigenvalue weighted by Gasteiger charge is -2.18. The van der Waals surface area contributed by atoms with E-state index in [-0.39, 0.29) is 31.1 Å². The van der Waals surface area contributed by atoms with E-state index in [9.17, 15) is 14.4 Å². The van der Waals surface area contributed by atoms with E-state index >= 15 is 0 Å². The molecule has 0 saturated heterocycles. The molecular formula is C68H126O6. The molecule has 0 rings (SSSR count). The Bertz CT molecular complexity index is 1240. The number of allylic oxidation sites excluding steroid dienone is 6. The van der Waals surface area contributed by atoms with E-state index in [2.05, 4.69) is 57.2 Å². The van der Waals surface area contributed by atoms with Crippen molar-refractivity contribution >= 4 is 17.9 Å². The number of ether oxygens (including phenoxy) is 3. The van der Waals surface area contributed by atoms with Crippen molar-refractivity contribution < 1.29 is 28.6 Å². The highest BCUT2D eigenvalue weighted by Gasteiger charge is 2.19. The molecule has 1 atom stereocenters. The Labute approximate surface area is 461 Å². The van der Waals surface area contributed by atoms with Crippen LogP contribution in [0.2, 0.25) is 0 Å². The lowest BCUT2D eigenvalue weighted by atomic mass is 10.0. The van der Waals surface area contributed by atoms with E-state index in [1.807, 2.05) is 0 Å². The summed E-state index contributed by atoms with van der Waals surface area (Å²) in [6.07, 6.45) is 77.4. The summed E-state index contributed by atoms with van der Waals surface area (Å²) in [7, 11) is 0. The lowest BCUT2D eigenvalue weighted by molar-refractivity contribution is -0.167. The van der Waals surface area contributed by atoms with E-state index in [0.717, 1.165) is 83.5 Å². The fraction of sp³-hybridized carbons (Fsp3) is 0.868. The van der Waals surface area contributed by atoms with Gasteiger partial charge in [-0.15, -0.1) is 0 Å². The number of esters is 3. The maximum Gasteiger partial charge on any atom is 0.306 e. The molecule has 0 aliphatic rings. The molecule has 0 saturated carbocycles. The van der Waals surface area contributed by atoms with Gasteiger partial charge in [0.2, 0.25) is 0 Å². The van der Waals surface area contributed by atoms with Crippen LogP contribution in [0.25, 0.3) is 0 Å². The molecule has 0 aliphatic heterocycles. The third-order valence-corrected chi connectivity index (χ3v) is 14.9. The molecule has 0 amide bonds. The van der Waals surface area contributed by atoms with Crippen molar-refractivity contribution in [3.63, 3.8) is 0 Å². The number of hydrogen-bond donors (Lipinski definition) is 0. The summed E-state index contributed by atoms with van der Waals surface area (Å²) in [6.45, 7) is 6.57. The molecule has 0 fully saturated rings. The third kappa shape index (κ3) is 60.5. The van der Waals surface area contributed by atoms with Crippen molar-refractivity contribution in [1.29, 1.82) is 0 Å². The van der Waals surface area contributed by atoms with Crippen LogP contribution in [0, 0.1) is 0 Å². The maximum atomic E-state index is 12.9. The molecule has 6 heteroatoms. The molecule has 0 radical (unpaired) electrons. The minimum absolute atomic E-state index is 0.0760. The van der Waals surface area contributed by atoms with Crippen LogP contribution >= 0.6 is 0 Å². The standard InChI is InChI=1S/C68H126O6/c1-4-7-10-13-16-19-22-25-27-29-31-33-34-35-37-38-40-43-46-49-52-55-58-61-67(70)73-64-65(63-72-66(69)60-57-54-51-48-45-42-24-21-18-15-12-9-6-3)74-68(71)62-59-56-53-50-47-44-41-39-36-32-30-28-26-23-20-17-14-11-8-5-2/h9,12,18,21,42,45,65H,4-8,10-11,13-17,19-20,22-41,43-44,46-64H2,1-3H3/b12-9-,21-18-,45-42-. The molecule has 0 aromatic heterocycles. The average Bonchev–Trinajstić information content (AvgIpc) is 3.40. The minimum Gasteiger partial charge on any atom is -0.462 e. The van der Waals surface area contributed by atoms with Gasteiger partial charge in [-0.3, -0.25) is 14.4 Å². The zero-order chi connectivity index (χ0) is 53.6. The van der Waals surface area contributed by atoms with Crippen molar-refractivity contribution in [2.24, 2.45) is 0 Å². The maximum absolute atomic E-state index is 12.9. The average molecular weight is 1040 g/mol. The molecule has 0 heterocycles. The largest absolute Gasteiger partial charge is 0.462 e. The van der Waals surface area contributed by atoms with Crippen LogP contribution in [-0.2, 0) is 28.6 Å². The van der Waals surface area contributed by atoms with Gasteiger partial charge in [-0.1, -0.05) is 327 Å². The lowest BCUT2D eigenvalue weighted by Crippen LogP contribution is -2.30. The molecule has 0 aromatic rings. The summed E-state index contributed by atoms with van der Waals surface area (Å²) in [5, 5.41) is 0. The molecule has 434 valence electrons. The molecule has 1 unspecified atom stereocenters. The Kier molecular flexibility index (Phi) is 61.1. The van der Waals surface area contributed by atoms with Crippen molar-refractivity contribution in [2.45, 2.75) is 367 Å². The van der Waals surface area contributed by atoms with Gasteiger partial charge < -0.3 is 14.2 Å². The second kappa shape index (κ2) is 63.2. The number of hydrogen-bond acceptors (Lipinski definition) is 6. The van der Waals surface area contributed by atoms with Gasteiger partial charge in [-0.05, 0) is 51.4 Å². The van der Waals surface area contributed by atoms with E-state index in [4.69, 9.17) is 14.2 Å². The topological polar surface area (TPSA) is 78.9 Å². The molecule has 0 N–H and O–H groups in total. The number of unbranched alkanes of at least 4 members (excludes halogenated alkanes) is 44. The Balaban J connectivity index is 4.26. The summed E-state index contributed by atoms with van der Waals surface area (Å²) < 4.78 is 16.9. The van der Waals surface area contributed by atoms with Crippen molar-refractivity contribution in [2.75, 3.05) is 13.2 Å². The first-order valence-electron chi connectivity index (χ1n) is 33.0. The zero-order valence-electron chi connectivity index (χ0n) is 49.9. The fourth-order valence-electron chi connectivity index (χ4n) is 9.99. The first kappa shape index (κ1) is 71.6. The Hall–Kier alpha value is -2.37. The van der Waals surface area contributed by atoms with Gasteiger partial charge in [0, 0.05) is 19.3 Å².